The van der Waals surface area contributed by atoms with Gasteiger partial charge in [0.15, 0.2) is 0 Å². The van der Waals surface area contributed by atoms with E-state index in [0.29, 0.717) is 38.7 Å². The van der Waals surface area contributed by atoms with E-state index in [1.807, 2.05) is 34.6 Å². The highest BCUT2D eigenvalue weighted by Gasteiger charge is 2.49. The molecule has 8 heteroatoms. The maximum atomic E-state index is 6.12. The fourth-order valence-electron chi connectivity index (χ4n) is 3.32. The summed E-state index contributed by atoms with van der Waals surface area (Å²) in [6, 6.07) is 0. The van der Waals surface area contributed by atoms with Crippen molar-refractivity contribution < 1.29 is 22.8 Å². The van der Waals surface area contributed by atoms with Gasteiger partial charge in [-0.2, -0.15) is 0 Å². The lowest BCUT2D eigenvalue weighted by Gasteiger charge is -2.39. The molecule has 0 rings (SSSR count). The Kier molecular flexibility index (Phi) is 14.3. The van der Waals surface area contributed by atoms with Crippen molar-refractivity contribution in [3.8, 4) is 0 Å². The van der Waals surface area contributed by atoms with E-state index in [4.69, 9.17) is 22.8 Å². The Morgan fingerprint density at radius 1 is 0.769 bits per heavy atom. The van der Waals surface area contributed by atoms with Gasteiger partial charge in [0, 0.05) is 33.0 Å². The Labute approximate surface area is 164 Å². The molecular formula is C18H43NO5Si2. The van der Waals surface area contributed by atoms with Gasteiger partial charge in [-0.25, -0.2) is 0 Å². The number of ether oxygens (including phenoxy) is 2. The lowest BCUT2D eigenvalue weighted by Crippen LogP contribution is -2.65. The summed E-state index contributed by atoms with van der Waals surface area (Å²) in [4.78, 5) is 0. The standard InChI is InChI=1S/C18H43NO5Si2/c1-9-16(25-18(8,20-11-3)21-12-4)19-17(10-2)26(22-13-5,23-14-6)24-15-7/h16-17,19H,9-15,25H2,1-8H3. The van der Waals surface area contributed by atoms with Gasteiger partial charge in [-0.3, -0.25) is 0 Å². The molecule has 1 N–H and O–H groups in total. The average molecular weight is 410 g/mol. The predicted octanol–water partition coefficient (Wildman–Crippen LogP) is 2.59. The predicted molar refractivity (Wildman–Crippen MR) is 112 cm³/mol. The molecule has 26 heavy (non-hydrogen) atoms. The van der Waals surface area contributed by atoms with E-state index in [2.05, 4.69) is 26.1 Å². The molecule has 0 aliphatic heterocycles. The van der Waals surface area contributed by atoms with E-state index >= 15 is 0 Å². The van der Waals surface area contributed by atoms with Crippen molar-refractivity contribution in [2.75, 3.05) is 33.0 Å². The molecule has 0 aliphatic rings. The van der Waals surface area contributed by atoms with Crippen molar-refractivity contribution in [2.45, 2.75) is 85.0 Å². The van der Waals surface area contributed by atoms with Crippen molar-refractivity contribution in [3.63, 3.8) is 0 Å². The zero-order chi connectivity index (χ0) is 20.1. The van der Waals surface area contributed by atoms with Crippen LogP contribution in [0.3, 0.4) is 0 Å². The first-order valence-electron chi connectivity index (χ1n) is 10.4. The second-order valence-corrected chi connectivity index (χ2v) is 11.8. The third-order valence-electron chi connectivity index (χ3n) is 4.32. The Morgan fingerprint density at radius 2 is 1.23 bits per heavy atom. The van der Waals surface area contributed by atoms with E-state index in [9.17, 15) is 0 Å². The summed E-state index contributed by atoms with van der Waals surface area (Å²) in [7, 11) is -3.52. The molecule has 0 radical (unpaired) electrons. The number of hydrogen-bond acceptors (Lipinski definition) is 6. The fraction of sp³-hybridized carbons (Fsp3) is 1.00. The molecule has 0 saturated carbocycles. The Hall–Kier alpha value is 0.194. The van der Waals surface area contributed by atoms with Crippen LogP contribution in [0.15, 0.2) is 0 Å². The first-order valence-corrected chi connectivity index (χ1v) is 13.7. The molecule has 0 spiro atoms. The zero-order valence-electron chi connectivity index (χ0n) is 18.4. The van der Waals surface area contributed by atoms with Crippen molar-refractivity contribution in [3.05, 3.63) is 0 Å². The van der Waals surface area contributed by atoms with E-state index in [-0.39, 0.29) is 5.67 Å². The van der Waals surface area contributed by atoms with E-state index < -0.39 is 23.7 Å². The summed E-state index contributed by atoms with van der Waals surface area (Å²) in [6.45, 7) is 19.6. The number of hydrogen-bond donors (Lipinski definition) is 1. The van der Waals surface area contributed by atoms with Crippen LogP contribution >= 0.6 is 0 Å². The van der Waals surface area contributed by atoms with E-state index in [1.54, 1.807) is 0 Å². The summed E-state index contributed by atoms with van der Waals surface area (Å²) in [5.41, 5.74) is -0.0219. The molecule has 0 aromatic heterocycles. The molecule has 0 aromatic carbocycles. The summed E-state index contributed by atoms with van der Waals surface area (Å²) in [5, 5.41) is 3.81. The molecule has 2 atom stereocenters. The molecule has 0 aliphatic carbocycles. The Bertz CT molecular complexity index is 327. The van der Waals surface area contributed by atoms with Gasteiger partial charge < -0.3 is 28.1 Å². The van der Waals surface area contributed by atoms with Crippen LogP contribution in [0.1, 0.15) is 68.2 Å². The molecule has 0 saturated heterocycles. The van der Waals surface area contributed by atoms with Gasteiger partial charge in [0.25, 0.3) is 0 Å². The number of nitrogens with one attached hydrogen (secondary N) is 1. The molecule has 0 amide bonds. The quantitative estimate of drug-likeness (QED) is 0.294. The zero-order valence-corrected chi connectivity index (χ0v) is 20.8. The number of rotatable bonds is 17. The van der Waals surface area contributed by atoms with Gasteiger partial charge in [0.2, 0.25) is 0 Å². The smallest absolute Gasteiger partial charge is 0.373 e. The Balaban J connectivity index is 5.35. The van der Waals surface area contributed by atoms with Gasteiger partial charge in [-0.1, -0.05) is 13.8 Å². The Morgan fingerprint density at radius 3 is 1.54 bits per heavy atom. The van der Waals surface area contributed by atoms with Crippen LogP contribution in [0.25, 0.3) is 0 Å². The van der Waals surface area contributed by atoms with Crippen molar-refractivity contribution in [1.82, 2.24) is 5.32 Å². The van der Waals surface area contributed by atoms with Crippen LogP contribution in [0, 0.1) is 0 Å². The third kappa shape index (κ3) is 8.47. The molecule has 0 bridgehead atoms. The average Bonchev–Trinajstić information content (AvgIpc) is 2.59. The molecule has 0 aromatic rings. The maximum Gasteiger partial charge on any atom is 0.518 e. The van der Waals surface area contributed by atoms with Gasteiger partial charge in [-0.05, 0) is 60.0 Å². The van der Waals surface area contributed by atoms with E-state index in [1.165, 1.54) is 0 Å². The molecular weight excluding hydrogens is 366 g/mol. The lowest BCUT2D eigenvalue weighted by atomic mass is 10.4. The first-order chi connectivity index (χ1) is 12.4. The van der Waals surface area contributed by atoms with Crippen LogP contribution in [-0.4, -0.2) is 68.1 Å². The molecule has 0 fully saturated rings. The minimum atomic E-state index is -2.79. The third-order valence-corrected chi connectivity index (χ3v) is 10.3. The van der Waals surface area contributed by atoms with Crippen molar-refractivity contribution in [2.24, 2.45) is 0 Å². The largest absolute Gasteiger partial charge is 0.518 e. The highest BCUT2D eigenvalue weighted by molar-refractivity contribution is 6.62. The fourth-order valence-corrected chi connectivity index (χ4v) is 8.79. The van der Waals surface area contributed by atoms with Crippen LogP contribution < -0.4 is 5.32 Å². The van der Waals surface area contributed by atoms with Crippen molar-refractivity contribution in [1.29, 1.82) is 0 Å². The minimum absolute atomic E-state index is 0.0762. The molecule has 6 nitrogen and oxygen atoms in total. The summed E-state index contributed by atoms with van der Waals surface area (Å²) in [6.07, 6.45) is 1.92. The highest BCUT2D eigenvalue weighted by Crippen LogP contribution is 2.20. The maximum absolute atomic E-state index is 6.12. The summed E-state index contributed by atoms with van der Waals surface area (Å²) in [5.74, 6) is 0. The first kappa shape index (κ1) is 26.2. The van der Waals surface area contributed by atoms with E-state index in [0.717, 1.165) is 12.8 Å². The summed E-state index contributed by atoms with van der Waals surface area (Å²) >= 11 is 0. The SMILES string of the molecule is CCOC(C)(OCC)[SiH2]C(CC)NC(CC)[Si](OCC)(OCC)OCC. The van der Waals surface area contributed by atoms with Gasteiger partial charge >= 0.3 is 8.80 Å². The van der Waals surface area contributed by atoms with Gasteiger partial charge in [-0.15, -0.1) is 0 Å². The molecule has 2 unspecified atom stereocenters. The second-order valence-electron chi connectivity index (χ2n) is 6.34. The van der Waals surface area contributed by atoms with Gasteiger partial charge in [0.05, 0.1) is 5.67 Å². The van der Waals surface area contributed by atoms with Crippen LogP contribution in [0.2, 0.25) is 0 Å². The highest BCUT2D eigenvalue weighted by atomic mass is 28.4. The summed E-state index contributed by atoms with van der Waals surface area (Å²) < 4.78 is 30.3. The van der Waals surface area contributed by atoms with Crippen LogP contribution in [-0.2, 0) is 22.8 Å². The lowest BCUT2D eigenvalue weighted by molar-refractivity contribution is -0.163. The van der Waals surface area contributed by atoms with Gasteiger partial charge in [0.1, 0.15) is 14.9 Å². The monoisotopic (exact) mass is 409 g/mol. The topological polar surface area (TPSA) is 58.2 Å². The normalized spacial score (nSPS) is 15.7. The van der Waals surface area contributed by atoms with Crippen LogP contribution in [0.4, 0.5) is 0 Å². The van der Waals surface area contributed by atoms with Crippen molar-refractivity contribution >= 4 is 18.3 Å². The molecule has 158 valence electrons. The minimum Gasteiger partial charge on any atom is -0.373 e. The van der Waals surface area contributed by atoms with Crippen LogP contribution in [0.5, 0.6) is 0 Å². The second kappa shape index (κ2) is 14.2. The molecule has 0 heterocycles.